The fraction of sp³-hybridized carbons (Fsp3) is 0.333. The molecule has 0 aliphatic heterocycles. The number of rotatable bonds is 6. The van der Waals surface area contributed by atoms with Crippen molar-refractivity contribution in [3.63, 3.8) is 0 Å². The highest BCUT2D eigenvalue weighted by Gasteiger charge is 2.38. The molecule has 0 spiro atoms. The Kier molecular flexibility index (Phi) is 7.17. The summed E-state index contributed by atoms with van der Waals surface area (Å²) >= 11 is 5.72. The van der Waals surface area contributed by atoms with Crippen molar-refractivity contribution in [3.05, 3.63) is 69.3 Å². The molecule has 0 radical (unpaired) electrons. The molecule has 3 aromatic heterocycles. The molecule has 1 aromatic carbocycles. The average molecular weight is 559 g/mol. The van der Waals surface area contributed by atoms with E-state index in [1.54, 1.807) is 18.2 Å². The highest BCUT2D eigenvalue weighted by molar-refractivity contribution is 6.31. The molecule has 0 bridgehead atoms. The predicted octanol–water partition coefficient (Wildman–Crippen LogP) is 6.03. The molecular formula is C24H21ClF6N6O. The number of halogens is 7. The van der Waals surface area contributed by atoms with Gasteiger partial charge in [0, 0.05) is 24.7 Å². The van der Waals surface area contributed by atoms with Gasteiger partial charge in [0.05, 0.1) is 16.4 Å². The van der Waals surface area contributed by atoms with Crippen LogP contribution in [0.5, 0.6) is 0 Å². The molecule has 0 saturated heterocycles. The third kappa shape index (κ3) is 5.47. The van der Waals surface area contributed by atoms with Crippen molar-refractivity contribution in [1.29, 1.82) is 0 Å². The number of nitrogens with zero attached hydrogens (tertiary/aromatic N) is 5. The highest BCUT2D eigenvalue weighted by atomic mass is 35.5. The molecule has 0 unspecified atom stereocenters. The van der Waals surface area contributed by atoms with Crippen LogP contribution >= 0.6 is 11.6 Å². The van der Waals surface area contributed by atoms with Crippen LogP contribution in [0, 0.1) is 20.8 Å². The van der Waals surface area contributed by atoms with Gasteiger partial charge in [-0.1, -0.05) is 23.7 Å². The smallest absolute Gasteiger partial charge is 0.351 e. The molecule has 1 N–H and O–H groups in total. The van der Waals surface area contributed by atoms with Crippen LogP contribution in [0.25, 0.3) is 16.9 Å². The fourth-order valence-electron chi connectivity index (χ4n) is 3.78. The second-order valence-corrected chi connectivity index (χ2v) is 9.08. The van der Waals surface area contributed by atoms with E-state index in [-0.39, 0.29) is 42.2 Å². The molecule has 4 rings (SSSR count). The van der Waals surface area contributed by atoms with E-state index in [2.05, 4.69) is 20.5 Å². The van der Waals surface area contributed by atoms with E-state index in [1.165, 1.54) is 6.92 Å². The molecule has 3 heterocycles. The maximum atomic E-state index is 13.8. The lowest BCUT2D eigenvalue weighted by atomic mass is 10.0. The van der Waals surface area contributed by atoms with Gasteiger partial charge in [-0.2, -0.15) is 36.5 Å². The first kappa shape index (κ1) is 27.4. The Morgan fingerprint density at radius 3 is 2.29 bits per heavy atom. The summed E-state index contributed by atoms with van der Waals surface area (Å²) in [6.45, 7) is 5.12. The summed E-state index contributed by atoms with van der Waals surface area (Å²) in [6.07, 6.45) is -9.29. The second kappa shape index (κ2) is 9.93. The SMILES string of the molecule is Cc1ccc(-c2cc(C(F)(F)F)n3nc(C(=O)NCCCn4nc(C(F)(F)F)c(Cl)c4C)cc3n2)cc1C. The lowest BCUT2D eigenvalue weighted by Crippen LogP contribution is -2.26. The summed E-state index contributed by atoms with van der Waals surface area (Å²) in [7, 11) is 0. The van der Waals surface area contributed by atoms with Gasteiger partial charge in [0.1, 0.15) is 0 Å². The average Bonchev–Trinajstić information content (AvgIpc) is 3.38. The summed E-state index contributed by atoms with van der Waals surface area (Å²) in [4.78, 5) is 16.9. The van der Waals surface area contributed by atoms with Crippen molar-refractivity contribution in [2.75, 3.05) is 6.54 Å². The first-order valence-corrected chi connectivity index (χ1v) is 11.7. The molecule has 0 saturated carbocycles. The molecule has 0 fully saturated rings. The van der Waals surface area contributed by atoms with Crippen LogP contribution in [0.1, 0.15) is 45.1 Å². The second-order valence-electron chi connectivity index (χ2n) is 8.70. The lowest BCUT2D eigenvalue weighted by molar-refractivity contribution is -0.143. The van der Waals surface area contributed by atoms with Crippen molar-refractivity contribution >= 4 is 23.2 Å². The van der Waals surface area contributed by atoms with Gasteiger partial charge in [-0.3, -0.25) is 9.48 Å². The number of carbonyl (C=O) groups is 1. The molecule has 0 aliphatic carbocycles. The molecule has 7 nitrogen and oxygen atoms in total. The summed E-state index contributed by atoms with van der Waals surface area (Å²) in [5.74, 6) is -0.762. The van der Waals surface area contributed by atoms with E-state index in [9.17, 15) is 31.1 Å². The minimum absolute atomic E-state index is 0.00156. The normalized spacial score (nSPS) is 12.4. The van der Waals surface area contributed by atoms with Crippen molar-refractivity contribution < 1.29 is 31.1 Å². The van der Waals surface area contributed by atoms with Crippen molar-refractivity contribution in [3.8, 4) is 11.3 Å². The molecule has 14 heteroatoms. The summed E-state index contributed by atoms with van der Waals surface area (Å²) in [5.41, 5.74) is -0.218. The van der Waals surface area contributed by atoms with E-state index in [1.807, 2.05) is 13.8 Å². The largest absolute Gasteiger partial charge is 0.436 e. The van der Waals surface area contributed by atoms with Gasteiger partial charge in [0.15, 0.2) is 22.7 Å². The number of benzene rings is 1. The van der Waals surface area contributed by atoms with Crippen LogP contribution < -0.4 is 5.32 Å². The number of aromatic nitrogens is 5. The Bertz CT molecular complexity index is 1520. The lowest BCUT2D eigenvalue weighted by Gasteiger charge is -2.11. The quantitative estimate of drug-likeness (QED) is 0.232. The summed E-state index contributed by atoms with van der Waals surface area (Å²) in [6, 6.07) is 7.18. The number of hydrogen-bond donors (Lipinski definition) is 1. The van der Waals surface area contributed by atoms with Crippen LogP contribution in [0.4, 0.5) is 26.3 Å². The van der Waals surface area contributed by atoms with Gasteiger partial charge >= 0.3 is 12.4 Å². The number of hydrogen-bond acceptors (Lipinski definition) is 4. The van der Waals surface area contributed by atoms with Crippen LogP contribution in [-0.4, -0.2) is 36.8 Å². The van der Waals surface area contributed by atoms with Crippen molar-refractivity contribution in [2.24, 2.45) is 0 Å². The van der Waals surface area contributed by atoms with Gasteiger partial charge < -0.3 is 5.32 Å². The standard InChI is InChI=1S/C24H21ClF6N6O/c1-12-5-6-15(9-13(12)2)16-10-18(23(26,27)28)37-19(33-16)11-17(34-37)22(38)32-7-4-8-36-14(3)20(25)21(35-36)24(29,30)31/h5-6,9-11H,4,7-8H2,1-3H3,(H,32,38). The Morgan fingerprint density at radius 2 is 1.68 bits per heavy atom. The van der Waals surface area contributed by atoms with Crippen molar-refractivity contribution in [1.82, 2.24) is 29.7 Å². The molecule has 4 aromatic rings. The van der Waals surface area contributed by atoms with Crippen LogP contribution in [-0.2, 0) is 18.9 Å². The van der Waals surface area contributed by atoms with E-state index in [4.69, 9.17) is 11.6 Å². The van der Waals surface area contributed by atoms with E-state index in [0.29, 0.717) is 10.1 Å². The number of amides is 1. The molecule has 0 aliphatic rings. The Labute approximate surface area is 217 Å². The topological polar surface area (TPSA) is 77.1 Å². The first-order valence-electron chi connectivity index (χ1n) is 11.3. The summed E-state index contributed by atoms with van der Waals surface area (Å²) in [5, 5.41) is 9.28. The Morgan fingerprint density at radius 1 is 0.974 bits per heavy atom. The molecule has 0 atom stereocenters. The zero-order valence-electron chi connectivity index (χ0n) is 20.3. The monoisotopic (exact) mass is 558 g/mol. The van der Waals surface area contributed by atoms with E-state index < -0.39 is 34.7 Å². The van der Waals surface area contributed by atoms with E-state index >= 15 is 0 Å². The molecule has 1 amide bonds. The number of fused-ring (bicyclic) bond motifs is 1. The first-order chi connectivity index (χ1) is 17.7. The fourth-order valence-corrected chi connectivity index (χ4v) is 4.02. The maximum absolute atomic E-state index is 13.8. The number of nitrogens with one attached hydrogen (secondary N) is 1. The number of carbonyl (C=O) groups excluding carboxylic acids is 1. The van der Waals surface area contributed by atoms with Crippen LogP contribution in [0.3, 0.4) is 0 Å². The third-order valence-electron chi connectivity index (χ3n) is 5.99. The molecule has 202 valence electrons. The zero-order valence-corrected chi connectivity index (χ0v) is 21.1. The minimum Gasteiger partial charge on any atom is -0.351 e. The zero-order chi connectivity index (χ0) is 28.0. The van der Waals surface area contributed by atoms with Crippen molar-refractivity contribution in [2.45, 2.75) is 46.1 Å². The number of aryl methyl sites for hydroxylation is 3. The van der Waals surface area contributed by atoms with Gasteiger partial charge in [-0.25, -0.2) is 9.50 Å². The minimum atomic E-state index is -4.77. The molecule has 38 heavy (non-hydrogen) atoms. The van der Waals surface area contributed by atoms with Crippen LogP contribution in [0.2, 0.25) is 5.02 Å². The van der Waals surface area contributed by atoms with Gasteiger partial charge in [-0.15, -0.1) is 0 Å². The van der Waals surface area contributed by atoms with Gasteiger partial charge in [0.25, 0.3) is 5.91 Å². The summed E-state index contributed by atoms with van der Waals surface area (Å²) < 4.78 is 82.1. The van der Waals surface area contributed by atoms with E-state index in [0.717, 1.165) is 27.9 Å². The van der Waals surface area contributed by atoms with Gasteiger partial charge in [0.2, 0.25) is 0 Å². The third-order valence-corrected chi connectivity index (χ3v) is 6.44. The Hall–Kier alpha value is -3.61. The predicted molar refractivity (Wildman–Crippen MR) is 127 cm³/mol. The number of alkyl halides is 6. The van der Waals surface area contributed by atoms with Crippen LogP contribution in [0.15, 0.2) is 30.3 Å². The maximum Gasteiger partial charge on any atom is 0.436 e. The molecular weight excluding hydrogens is 538 g/mol. The van der Waals surface area contributed by atoms with Gasteiger partial charge in [-0.05, 0) is 50.5 Å². The Balaban J connectivity index is 1.52. The highest BCUT2D eigenvalue weighted by Crippen LogP contribution is 2.35.